The molecule has 0 aliphatic rings. The third-order valence-electron chi connectivity index (χ3n) is 3.00. The van der Waals surface area contributed by atoms with Crippen molar-refractivity contribution in [1.29, 1.82) is 0 Å². The fourth-order valence-electron chi connectivity index (χ4n) is 2.04. The number of carbonyl (C=O) groups excluding carboxylic acids is 1. The van der Waals surface area contributed by atoms with E-state index in [4.69, 9.17) is 5.11 Å². The van der Waals surface area contributed by atoms with Crippen LogP contribution in [0.25, 0.3) is 5.69 Å². The number of aromatic nitrogens is 2. The summed E-state index contributed by atoms with van der Waals surface area (Å²) in [5.41, 5.74) is 2.12. The van der Waals surface area contributed by atoms with Gasteiger partial charge in [0.05, 0.1) is 23.6 Å². The van der Waals surface area contributed by atoms with Gasteiger partial charge in [-0.15, -0.1) is 0 Å². The first-order chi connectivity index (χ1) is 9.19. The highest BCUT2D eigenvalue weighted by atomic mass is 16.3. The summed E-state index contributed by atoms with van der Waals surface area (Å²) in [5, 5.41) is 13.5. The van der Waals surface area contributed by atoms with Crippen LogP contribution in [0.3, 0.4) is 0 Å². The number of benzene rings is 1. The summed E-state index contributed by atoms with van der Waals surface area (Å²) >= 11 is 0. The van der Waals surface area contributed by atoms with Crippen molar-refractivity contribution in [3.8, 4) is 5.69 Å². The molecule has 0 aliphatic carbocycles. The first-order valence-corrected chi connectivity index (χ1v) is 6.11. The topological polar surface area (TPSA) is 58.4 Å². The molecule has 0 bridgehead atoms. The molecule has 2 rings (SSSR count). The molecule has 1 heterocycles. The third kappa shape index (κ3) is 2.51. The predicted molar refractivity (Wildman–Crippen MR) is 74.0 cm³/mol. The number of hydrogen-bond acceptors (Lipinski definition) is 4. The van der Waals surface area contributed by atoms with Crippen molar-refractivity contribution in [3.63, 3.8) is 0 Å². The van der Waals surface area contributed by atoms with Crippen molar-refractivity contribution in [2.45, 2.75) is 6.92 Å². The van der Waals surface area contributed by atoms with Crippen molar-refractivity contribution < 1.29 is 9.90 Å². The lowest BCUT2D eigenvalue weighted by Crippen LogP contribution is -2.25. The van der Waals surface area contributed by atoms with Gasteiger partial charge in [-0.2, -0.15) is 5.10 Å². The SMILES string of the molecule is Cc1nn(-c2ccccc2)c(N(C)CCO)c1C=O. The molecule has 0 saturated carbocycles. The normalized spacial score (nSPS) is 10.5. The summed E-state index contributed by atoms with van der Waals surface area (Å²) in [6.07, 6.45) is 0.810. The summed E-state index contributed by atoms with van der Waals surface area (Å²) in [5.74, 6) is 0.702. The number of likely N-dealkylation sites (N-methyl/N-ethyl adjacent to an activating group) is 1. The van der Waals surface area contributed by atoms with Gasteiger partial charge in [0, 0.05) is 13.6 Å². The zero-order chi connectivity index (χ0) is 13.8. The monoisotopic (exact) mass is 259 g/mol. The van der Waals surface area contributed by atoms with E-state index in [1.54, 1.807) is 11.6 Å². The number of aliphatic hydroxyl groups is 1. The molecule has 0 atom stereocenters. The maximum Gasteiger partial charge on any atom is 0.155 e. The molecule has 2 aromatic rings. The second-order valence-corrected chi connectivity index (χ2v) is 4.33. The molecule has 0 saturated heterocycles. The molecule has 1 aromatic heterocycles. The molecule has 19 heavy (non-hydrogen) atoms. The van der Waals surface area contributed by atoms with Crippen molar-refractivity contribution in [3.05, 3.63) is 41.6 Å². The smallest absolute Gasteiger partial charge is 0.155 e. The Morgan fingerprint density at radius 3 is 2.63 bits per heavy atom. The summed E-state index contributed by atoms with van der Waals surface area (Å²) in [6, 6.07) is 9.62. The number of aldehydes is 1. The Morgan fingerprint density at radius 2 is 2.05 bits per heavy atom. The number of nitrogens with zero attached hydrogens (tertiary/aromatic N) is 3. The number of aliphatic hydroxyl groups excluding tert-OH is 1. The highest BCUT2D eigenvalue weighted by molar-refractivity contribution is 5.85. The molecule has 5 heteroatoms. The van der Waals surface area contributed by atoms with Crippen molar-refractivity contribution in [2.24, 2.45) is 0 Å². The van der Waals surface area contributed by atoms with E-state index >= 15 is 0 Å². The molecule has 0 unspecified atom stereocenters. The van der Waals surface area contributed by atoms with E-state index in [1.807, 2.05) is 42.3 Å². The molecule has 1 N–H and O–H groups in total. The number of anilines is 1. The van der Waals surface area contributed by atoms with Crippen molar-refractivity contribution >= 4 is 12.1 Å². The van der Waals surface area contributed by atoms with Gasteiger partial charge in [-0.1, -0.05) is 18.2 Å². The van der Waals surface area contributed by atoms with Crippen LogP contribution in [-0.4, -0.2) is 41.4 Å². The average Bonchev–Trinajstić information content (AvgIpc) is 2.77. The van der Waals surface area contributed by atoms with Crippen LogP contribution in [0.4, 0.5) is 5.82 Å². The molecular weight excluding hydrogens is 242 g/mol. The average molecular weight is 259 g/mol. The van der Waals surface area contributed by atoms with Gasteiger partial charge in [0.15, 0.2) is 6.29 Å². The fourth-order valence-corrected chi connectivity index (χ4v) is 2.04. The van der Waals surface area contributed by atoms with Gasteiger partial charge >= 0.3 is 0 Å². The molecule has 1 aromatic carbocycles. The van der Waals surface area contributed by atoms with Crippen LogP contribution in [0.1, 0.15) is 16.1 Å². The molecule has 0 aliphatic heterocycles. The van der Waals surface area contributed by atoms with Crippen LogP contribution in [0.15, 0.2) is 30.3 Å². The molecule has 100 valence electrons. The van der Waals surface area contributed by atoms with Gasteiger partial charge in [0.1, 0.15) is 5.82 Å². The minimum absolute atomic E-state index is 0.0216. The van der Waals surface area contributed by atoms with E-state index in [2.05, 4.69) is 5.10 Å². The minimum Gasteiger partial charge on any atom is -0.395 e. The fraction of sp³-hybridized carbons (Fsp3) is 0.286. The molecule has 0 radical (unpaired) electrons. The maximum atomic E-state index is 11.3. The minimum atomic E-state index is 0.0216. The maximum absolute atomic E-state index is 11.3. The second-order valence-electron chi connectivity index (χ2n) is 4.33. The van der Waals surface area contributed by atoms with Gasteiger partial charge < -0.3 is 10.0 Å². The van der Waals surface area contributed by atoms with Crippen LogP contribution in [0.2, 0.25) is 0 Å². The number of hydrogen-bond donors (Lipinski definition) is 1. The van der Waals surface area contributed by atoms with Gasteiger partial charge in [0.2, 0.25) is 0 Å². The summed E-state index contributed by atoms with van der Waals surface area (Å²) in [7, 11) is 1.83. The Balaban J connectivity index is 2.58. The van der Waals surface area contributed by atoms with Crippen LogP contribution >= 0.6 is 0 Å². The first-order valence-electron chi connectivity index (χ1n) is 6.11. The Kier molecular flexibility index (Phi) is 3.97. The number of aryl methyl sites for hydroxylation is 1. The van der Waals surface area contributed by atoms with E-state index in [1.165, 1.54) is 0 Å². The largest absolute Gasteiger partial charge is 0.395 e. The number of para-hydroxylation sites is 1. The first kappa shape index (κ1) is 13.3. The molecule has 0 spiro atoms. The Morgan fingerprint density at radius 1 is 1.37 bits per heavy atom. The van der Waals surface area contributed by atoms with E-state index in [9.17, 15) is 4.79 Å². The van der Waals surface area contributed by atoms with Crippen LogP contribution in [-0.2, 0) is 0 Å². The lowest BCUT2D eigenvalue weighted by molar-refractivity contribution is 0.112. The van der Waals surface area contributed by atoms with E-state index < -0.39 is 0 Å². The standard InChI is InChI=1S/C14H17N3O2/c1-11-13(10-19)14(16(2)8-9-18)17(15-11)12-6-4-3-5-7-12/h3-7,10,18H,8-9H2,1-2H3. The zero-order valence-corrected chi connectivity index (χ0v) is 11.1. The summed E-state index contributed by atoms with van der Waals surface area (Å²) < 4.78 is 1.73. The lowest BCUT2D eigenvalue weighted by Gasteiger charge is -2.20. The van der Waals surface area contributed by atoms with Gasteiger partial charge in [-0.3, -0.25) is 4.79 Å². The highest BCUT2D eigenvalue weighted by Crippen LogP contribution is 2.24. The summed E-state index contributed by atoms with van der Waals surface area (Å²) in [4.78, 5) is 13.1. The molecule has 0 fully saturated rings. The number of carbonyl (C=O) groups is 1. The van der Waals surface area contributed by atoms with Crippen LogP contribution in [0, 0.1) is 6.92 Å². The molecule has 0 amide bonds. The van der Waals surface area contributed by atoms with Gasteiger partial charge in [-0.25, -0.2) is 4.68 Å². The van der Waals surface area contributed by atoms with E-state index in [-0.39, 0.29) is 6.61 Å². The van der Waals surface area contributed by atoms with E-state index in [0.29, 0.717) is 23.6 Å². The van der Waals surface area contributed by atoms with Crippen LogP contribution < -0.4 is 4.90 Å². The second kappa shape index (κ2) is 5.67. The zero-order valence-electron chi connectivity index (χ0n) is 11.1. The molecular formula is C14H17N3O2. The predicted octanol–water partition coefficient (Wildman–Crippen LogP) is 1.42. The van der Waals surface area contributed by atoms with Crippen LogP contribution in [0.5, 0.6) is 0 Å². The Labute approximate surface area is 112 Å². The van der Waals surface area contributed by atoms with E-state index in [0.717, 1.165) is 12.0 Å². The Hall–Kier alpha value is -2.14. The van der Waals surface area contributed by atoms with Gasteiger partial charge in [0.25, 0.3) is 0 Å². The van der Waals surface area contributed by atoms with Crippen molar-refractivity contribution in [2.75, 3.05) is 25.1 Å². The third-order valence-corrected chi connectivity index (χ3v) is 3.00. The molecule has 5 nitrogen and oxygen atoms in total. The summed E-state index contributed by atoms with van der Waals surface area (Å²) in [6.45, 7) is 2.27. The lowest BCUT2D eigenvalue weighted by atomic mass is 10.2. The highest BCUT2D eigenvalue weighted by Gasteiger charge is 2.18. The quantitative estimate of drug-likeness (QED) is 0.825. The van der Waals surface area contributed by atoms with Gasteiger partial charge in [-0.05, 0) is 19.1 Å². The number of rotatable bonds is 5. The van der Waals surface area contributed by atoms with Crippen molar-refractivity contribution in [1.82, 2.24) is 9.78 Å². The Bertz CT molecular complexity index is 564.